The van der Waals surface area contributed by atoms with Crippen LogP contribution in [-0.2, 0) is 19.2 Å². The number of hydrogen-bond acceptors (Lipinski definition) is 4. The minimum absolute atomic E-state index is 0.00268. The van der Waals surface area contributed by atoms with E-state index in [0.29, 0.717) is 32.1 Å². The average molecular weight is 463 g/mol. The molecule has 0 aromatic rings. The molecule has 4 aliphatic carbocycles. The molecule has 0 aliphatic heterocycles. The standard InChI is InChI=1S/C26H38O7/c1-13(4-7-21(28)29)16-5-6-17-22-18(12-19(24(32)33)26(16,17)3)25(2)9-8-14(23(30)31)10-15(25)11-20(22)27/h13-19,22H,4-12H2,1-3H3,(H,28,29)(H,30,31)(H,32,33)/t13-,14+,15-,16+,17+,18+,19+,22-,25-,26+/m0/s1. The highest BCUT2D eigenvalue weighted by Crippen LogP contribution is 2.69. The van der Waals surface area contributed by atoms with Gasteiger partial charge in [0.05, 0.1) is 11.8 Å². The van der Waals surface area contributed by atoms with E-state index in [-0.39, 0.29) is 53.1 Å². The molecule has 0 aromatic heterocycles. The van der Waals surface area contributed by atoms with Crippen LogP contribution in [0.3, 0.4) is 0 Å². The summed E-state index contributed by atoms with van der Waals surface area (Å²) in [7, 11) is 0. The van der Waals surface area contributed by atoms with Crippen molar-refractivity contribution < 1.29 is 34.5 Å². The van der Waals surface area contributed by atoms with Crippen molar-refractivity contribution in [1.29, 1.82) is 0 Å². The Morgan fingerprint density at radius 3 is 2.30 bits per heavy atom. The maximum absolute atomic E-state index is 13.6. The van der Waals surface area contributed by atoms with Crippen LogP contribution in [0, 0.1) is 58.2 Å². The molecule has 7 heteroatoms. The summed E-state index contributed by atoms with van der Waals surface area (Å²) in [5.41, 5.74) is -0.728. The predicted molar refractivity (Wildman–Crippen MR) is 119 cm³/mol. The number of carboxylic acid groups (broad SMARTS) is 3. The summed E-state index contributed by atoms with van der Waals surface area (Å²) in [6, 6.07) is 0. The van der Waals surface area contributed by atoms with E-state index >= 15 is 0 Å². The van der Waals surface area contributed by atoms with Gasteiger partial charge in [-0.25, -0.2) is 0 Å². The Morgan fingerprint density at radius 1 is 1.00 bits per heavy atom. The first-order chi connectivity index (χ1) is 15.4. The van der Waals surface area contributed by atoms with E-state index in [1.807, 2.05) is 6.92 Å². The Morgan fingerprint density at radius 2 is 1.70 bits per heavy atom. The first-order valence-electron chi connectivity index (χ1n) is 12.6. The van der Waals surface area contributed by atoms with Crippen LogP contribution >= 0.6 is 0 Å². The van der Waals surface area contributed by atoms with Crippen LogP contribution in [0.15, 0.2) is 0 Å². The summed E-state index contributed by atoms with van der Waals surface area (Å²) in [6.07, 6.45) is 4.95. The summed E-state index contributed by atoms with van der Waals surface area (Å²) in [5, 5.41) is 29.1. The van der Waals surface area contributed by atoms with Crippen LogP contribution in [0.4, 0.5) is 0 Å². The second-order valence-electron chi connectivity index (χ2n) is 12.0. The van der Waals surface area contributed by atoms with Gasteiger partial charge >= 0.3 is 17.9 Å². The molecule has 0 unspecified atom stereocenters. The van der Waals surface area contributed by atoms with Gasteiger partial charge in [0.25, 0.3) is 0 Å². The van der Waals surface area contributed by atoms with Crippen molar-refractivity contribution in [2.75, 3.05) is 0 Å². The summed E-state index contributed by atoms with van der Waals surface area (Å²) in [6.45, 7) is 6.29. The van der Waals surface area contributed by atoms with E-state index in [1.165, 1.54) is 0 Å². The van der Waals surface area contributed by atoms with Gasteiger partial charge in [0, 0.05) is 18.8 Å². The Bertz CT molecular complexity index is 852. The first kappa shape index (κ1) is 24.2. The van der Waals surface area contributed by atoms with Gasteiger partial charge in [-0.1, -0.05) is 20.8 Å². The number of Topliss-reactive ketones (excluding diaryl/α,β-unsaturated/α-hetero) is 1. The van der Waals surface area contributed by atoms with Gasteiger partial charge in [-0.15, -0.1) is 0 Å². The van der Waals surface area contributed by atoms with E-state index in [1.54, 1.807) is 0 Å². The van der Waals surface area contributed by atoms with Crippen molar-refractivity contribution in [1.82, 2.24) is 0 Å². The Hall–Kier alpha value is -1.92. The van der Waals surface area contributed by atoms with Gasteiger partial charge in [0.1, 0.15) is 5.78 Å². The molecule has 3 N–H and O–H groups in total. The number of hydrogen-bond donors (Lipinski definition) is 3. The Kier molecular flexibility index (Phi) is 6.15. The normalized spacial score (nSPS) is 45.4. The average Bonchev–Trinajstić information content (AvgIpc) is 3.09. The molecular weight excluding hydrogens is 424 g/mol. The smallest absolute Gasteiger partial charge is 0.307 e. The third kappa shape index (κ3) is 3.70. The van der Waals surface area contributed by atoms with E-state index in [4.69, 9.17) is 5.11 Å². The molecule has 0 saturated heterocycles. The Labute approximate surface area is 195 Å². The molecule has 4 fully saturated rings. The lowest BCUT2D eigenvalue weighted by molar-refractivity contribution is -0.182. The first-order valence-corrected chi connectivity index (χ1v) is 12.6. The van der Waals surface area contributed by atoms with Crippen molar-refractivity contribution in [2.24, 2.45) is 58.2 Å². The summed E-state index contributed by atoms with van der Waals surface area (Å²) < 4.78 is 0. The van der Waals surface area contributed by atoms with Crippen LogP contribution in [0.1, 0.15) is 78.6 Å². The summed E-state index contributed by atoms with van der Waals surface area (Å²) in [5.74, 6) is -3.22. The summed E-state index contributed by atoms with van der Waals surface area (Å²) in [4.78, 5) is 49.0. The van der Waals surface area contributed by atoms with E-state index in [0.717, 1.165) is 19.3 Å². The topological polar surface area (TPSA) is 129 Å². The van der Waals surface area contributed by atoms with Gasteiger partial charge in [-0.3, -0.25) is 19.2 Å². The van der Waals surface area contributed by atoms with Gasteiger partial charge in [0.15, 0.2) is 0 Å². The van der Waals surface area contributed by atoms with Crippen molar-refractivity contribution in [3.63, 3.8) is 0 Å². The van der Waals surface area contributed by atoms with Crippen LogP contribution in [0.5, 0.6) is 0 Å². The molecule has 0 aromatic carbocycles. The predicted octanol–water partition coefficient (Wildman–Crippen LogP) is 4.34. The molecular formula is C26H38O7. The lowest BCUT2D eigenvalue weighted by atomic mass is 9.41. The highest BCUT2D eigenvalue weighted by molar-refractivity contribution is 5.84. The molecule has 184 valence electrons. The van der Waals surface area contributed by atoms with Crippen LogP contribution in [0.25, 0.3) is 0 Å². The van der Waals surface area contributed by atoms with Gasteiger partial charge in [-0.05, 0) is 85.4 Å². The molecule has 7 nitrogen and oxygen atoms in total. The Balaban J connectivity index is 1.67. The fourth-order valence-electron chi connectivity index (χ4n) is 9.05. The largest absolute Gasteiger partial charge is 0.481 e. The zero-order valence-corrected chi connectivity index (χ0v) is 20.0. The van der Waals surface area contributed by atoms with E-state index in [9.17, 15) is 29.4 Å². The lowest BCUT2D eigenvalue weighted by Crippen LogP contribution is -2.61. The molecule has 0 heterocycles. The number of ketones is 1. The van der Waals surface area contributed by atoms with Crippen molar-refractivity contribution >= 4 is 23.7 Å². The van der Waals surface area contributed by atoms with Gasteiger partial charge < -0.3 is 15.3 Å². The number of carboxylic acids is 3. The maximum Gasteiger partial charge on any atom is 0.307 e. The third-order valence-electron chi connectivity index (χ3n) is 10.8. The molecule has 0 amide bonds. The monoisotopic (exact) mass is 462 g/mol. The second kappa shape index (κ2) is 8.38. The minimum atomic E-state index is -0.835. The van der Waals surface area contributed by atoms with E-state index < -0.39 is 35.2 Å². The minimum Gasteiger partial charge on any atom is -0.481 e. The van der Waals surface area contributed by atoms with E-state index in [2.05, 4.69) is 13.8 Å². The number of rotatable bonds is 6. The van der Waals surface area contributed by atoms with Crippen LogP contribution in [-0.4, -0.2) is 39.0 Å². The molecule has 4 rings (SSSR count). The SMILES string of the molecule is C[C@@H](CCC(=O)O)[C@H]1CC[C@@H]2[C@@H]3C(=O)C[C@@H]4C[C@H](C(=O)O)CC[C@]4(C)[C@@H]3C[C@H](C(=O)O)[C@@]21C. The zero-order valence-electron chi connectivity index (χ0n) is 20.0. The zero-order chi connectivity index (χ0) is 24.3. The number of aliphatic carboxylic acids is 3. The fraction of sp³-hybridized carbons (Fsp3) is 0.846. The lowest BCUT2D eigenvalue weighted by Gasteiger charge is -2.61. The maximum atomic E-state index is 13.6. The molecule has 0 spiro atoms. The van der Waals surface area contributed by atoms with Crippen molar-refractivity contribution in [3.8, 4) is 0 Å². The molecule has 10 atom stereocenters. The molecule has 33 heavy (non-hydrogen) atoms. The molecule has 4 aliphatic rings. The molecule has 4 saturated carbocycles. The van der Waals surface area contributed by atoms with Crippen molar-refractivity contribution in [2.45, 2.75) is 78.6 Å². The van der Waals surface area contributed by atoms with Crippen molar-refractivity contribution in [3.05, 3.63) is 0 Å². The number of carbonyl (C=O) groups excluding carboxylic acids is 1. The van der Waals surface area contributed by atoms with Crippen LogP contribution in [0.2, 0.25) is 0 Å². The quantitative estimate of drug-likeness (QED) is 0.535. The summed E-state index contributed by atoms with van der Waals surface area (Å²) >= 11 is 0. The highest BCUT2D eigenvalue weighted by Gasteiger charge is 2.67. The molecule has 0 radical (unpaired) electrons. The van der Waals surface area contributed by atoms with Gasteiger partial charge in [-0.2, -0.15) is 0 Å². The number of fused-ring (bicyclic) bond motifs is 5. The molecule has 0 bridgehead atoms. The fourth-order valence-corrected chi connectivity index (χ4v) is 9.05. The van der Waals surface area contributed by atoms with Gasteiger partial charge in [0.2, 0.25) is 0 Å². The second-order valence-corrected chi connectivity index (χ2v) is 12.0. The third-order valence-corrected chi connectivity index (χ3v) is 10.8. The number of carbonyl (C=O) groups is 4. The van der Waals surface area contributed by atoms with Crippen LogP contribution < -0.4 is 0 Å². The highest BCUT2D eigenvalue weighted by atomic mass is 16.4.